The normalized spacial score (nSPS) is 13.9. The number of hydrogen-bond acceptors (Lipinski definition) is 7. The Bertz CT molecular complexity index is 1320. The molecule has 1 aliphatic rings. The molecule has 0 atom stereocenters. The Hall–Kier alpha value is -4.09. The summed E-state index contributed by atoms with van der Waals surface area (Å²) in [6, 6.07) is 13.8. The molecule has 0 unspecified atom stereocenters. The summed E-state index contributed by atoms with van der Waals surface area (Å²) in [5.41, 5.74) is 2.84. The zero-order valence-electron chi connectivity index (χ0n) is 22.1. The minimum atomic E-state index is -1.01. The number of amides is 2. The van der Waals surface area contributed by atoms with Gasteiger partial charge in [0.15, 0.2) is 0 Å². The van der Waals surface area contributed by atoms with E-state index < -0.39 is 11.9 Å². The fourth-order valence-electron chi connectivity index (χ4n) is 4.39. The highest BCUT2D eigenvalue weighted by Gasteiger charge is 2.22. The summed E-state index contributed by atoms with van der Waals surface area (Å²) in [6.45, 7) is 2.63. The third-order valence-electron chi connectivity index (χ3n) is 6.48. The van der Waals surface area contributed by atoms with Crippen LogP contribution in [-0.2, 0) is 21.4 Å². The van der Waals surface area contributed by atoms with Gasteiger partial charge in [-0.2, -0.15) is 5.10 Å². The summed E-state index contributed by atoms with van der Waals surface area (Å²) in [6.07, 6.45) is 2.57. The van der Waals surface area contributed by atoms with Crippen LogP contribution in [0.1, 0.15) is 25.7 Å². The number of ether oxygens (including phenoxy) is 2. The van der Waals surface area contributed by atoms with Gasteiger partial charge in [-0.15, -0.1) is 0 Å². The summed E-state index contributed by atoms with van der Waals surface area (Å²) in [7, 11) is 1.84. The molecule has 12 heteroatoms. The minimum Gasteiger partial charge on any atom is -0.492 e. The molecule has 11 nitrogen and oxygen atoms in total. The molecule has 40 heavy (non-hydrogen) atoms. The topological polar surface area (TPSA) is 135 Å². The molecule has 0 saturated carbocycles. The highest BCUT2D eigenvalue weighted by atomic mass is 35.5. The average Bonchev–Trinajstić information content (AvgIpc) is 3.36. The molecule has 0 bridgehead atoms. The number of urea groups is 1. The van der Waals surface area contributed by atoms with E-state index in [1.54, 1.807) is 41.2 Å². The monoisotopic (exact) mass is 569 g/mol. The van der Waals surface area contributed by atoms with E-state index in [0.29, 0.717) is 48.1 Å². The van der Waals surface area contributed by atoms with Crippen LogP contribution in [0, 0.1) is 0 Å². The molecule has 2 aromatic carbocycles. The lowest BCUT2D eigenvalue weighted by molar-refractivity contribution is -0.153. The number of nitrogens with zero attached hydrogens (tertiary/aromatic N) is 3. The molecule has 2 heterocycles. The second kappa shape index (κ2) is 13.8. The molecule has 4 rings (SSSR count). The molecule has 212 valence electrons. The summed E-state index contributed by atoms with van der Waals surface area (Å²) in [5.74, 6) is -0.814. The van der Waals surface area contributed by atoms with Gasteiger partial charge < -0.3 is 25.2 Å². The lowest BCUT2D eigenvalue weighted by Crippen LogP contribution is -2.39. The maximum atomic E-state index is 12.5. The van der Waals surface area contributed by atoms with Crippen LogP contribution in [0.25, 0.3) is 11.3 Å². The lowest BCUT2D eigenvalue weighted by Gasteiger charge is -2.31. The number of benzene rings is 2. The quantitative estimate of drug-likeness (QED) is 0.284. The highest BCUT2D eigenvalue weighted by Crippen LogP contribution is 2.32. The molecule has 0 spiro atoms. The number of hydrogen-bond donors (Lipinski definition) is 3. The third kappa shape index (κ3) is 8.45. The largest absolute Gasteiger partial charge is 0.492 e. The van der Waals surface area contributed by atoms with Crippen LogP contribution >= 0.6 is 11.6 Å². The smallest absolute Gasteiger partial charge is 0.323 e. The summed E-state index contributed by atoms with van der Waals surface area (Å²) < 4.78 is 13.3. The highest BCUT2D eigenvalue weighted by molar-refractivity contribution is 6.30. The van der Waals surface area contributed by atoms with Crippen molar-refractivity contribution in [2.75, 3.05) is 36.9 Å². The van der Waals surface area contributed by atoms with Crippen molar-refractivity contribution >= 4 is 40.9 Å². The molecule has 3 aromatic rings. The van der Waals surface area contributed by atoms with Gasteiger partial charge in [0.05, 0.1) is 18.5 Å². The van der Waals surface area contributed by atoms with E-state index in [4.69, 9.17) is 26.2 Å². The van der Waals surface area contributed by atoms with Crippen molar-refractivity contribution < 1.29 is 29.0 Å². The van der Waals surface area contributed by atoms with Crippen molar-refractivity contribution in [3.63, 3.8) is 0 Å². The molecule has 1 aromatic heterocycles. The number of piperidine rings is 1. The third-order valence-corrected chi connectivity index (χ3v) is 6.73. The number of carboxylic acid groups (broad SMARTS) is 1. The number of carbonyl (C=O) groups excluding carboxylic acids is 2. The number of halogens is 1. The Morgan fingerprint density at radius 3 is 2.40 bits per heavy atom. The number of carboxylic acids is 1. The Kier molecular flexibility index (Phi) is 9.98. The predicted molar refractivity (Wildman–Crippen MR) is 151 cm³/mol. The van der Waals surface area contributed by atoms with Gasteiger partial charge in [0.2, 0.25) is 0 Å². The molecule has 1 fully saturated rings. The summed E-state index contributed by atoms with van der Waals surface area (Å²) >= 11 is 5.91. The van der Waals surface area contributed by atoms with Crippen molar-refractivity contribution in [3.05, 3.63) is 59.8 Å². The second-order valence-corrected chi connectivity index (χ2v) is 9.85. The SMILES string of the molecule is Cn1nccc1-c1cc(NC(=O)Nc2ccc(Cl)cc2)ccc1OCCN1CCC(OC(=O)CCC(=O)O)CC1. The molecule has 1 aliphatic heterocycles. The van der Waals surface area contributed by atoms with Crippen LogP contribution in [0.15, 0.2) is 54.7 Å². The number of aliphatic carboxylic acids is 1. The number of aryl methyl sites for hydroxylation is 1. The molecule has 0 aliphatic carbocycles. The van der Waals surface area contributed by atoms with E-state index in [-0.39, 0.29) is 25.0 Å². The van der Waals surface area contributed by atoms with Crippen molar-refractivity contribution in [1.29, 1.82) is 0 Å². The van der Waals surface area contributed by atoms with Crippen LogP contribution < -0.4 is 15.4 Å². The van der Waals surface area contributed by atoms with E-state index in [0.717, 1.165) is 24.3 Å². The first-order valence-corrected chi connectivity index (χ1v) is 13.4. The predicted octanol–water partition coefficient (Wildman–Crippen LogP) is 4.64. The van der Waals surface area contributed by atoms with Gasteiger partial charge in [0.25, 0.3) is 0 Å². The minimum absolute atomic E-state index is 0.107. The Morgan fingerprint density at radius 2 is 1.73 bits per heavy atom. The molecular formula is C28H32ClN5O6. The number of carbonyl (C=O) groups is 3. The molecule has 2 amide bonds. The first-order valence-electron chi connectivity index (χ1n) is 13.0. The van der Waals surface area contributed by atoms with Gasteiger partial charge in [-0.05, 0) is 61.4 Å². The van der Waals surface area contributed by atoms with E-state index in [2.05, 4.69) is 20.6 Å². The van der Waals surface area contributed by atoms with Gasteiger partial charge in [-0.3, -0.25) is 19.2 Å². The Balaban J connectivity index is 1.31. The summed E-state index contributed by atoms with van der Waals surface area (Å²) in [5, 5.41) is 19.2. The molecule has 1 saturated heterocycles. The number of aromatic nitrogens is 2. The van der Waals surface area contributed by atoms with Gasteiger partial charge in [-0.25, -0.2) is 4.79 Å². The number of anilines is 2. The summed E-state index contributed by atoms with van der Waals surface area (Å²) in [4.78, 5) is 37.2. The van der Waals surface area contributed by atoms with Crippen molar-refractivity contribution in [1.82, 2.24) is 14.7 Å². The van der Waals surface area contributed by atoms with Crippen LogP contribution in [-0.4, -0.2) is 70.1 Å². The zero-order chi connectivity index (χ0) is 28.5. The van der Waals surface area contributed by atoms with E-state index >= 15 is 0 Å². The number of nitrogens with one attached hydrogen (secondary N) is 2. The number of likely N-dealkylation sites (tertiary alicyclic amines) is 1. The molecule has 3 N–H and O–H groups in total. The van der Waals surface area contributed by atoms with Gasteiger partial charge in [0, 0.05) is 54.8 Å². The fraction of sp³-hybridized carbons (Fsp3) is 0.357. The van der Waals surface area contributed by atoms with E-state index in [1.807, 2.05) is 25.2 Å². The first kappa shape index (κ1) is 28.9. The van der Waals surface area contributed by atoms with Crippen molar-refractivity contribution in [2.45, 2.75) is 31.8 Å². The van der Waals surface area contributed by atoms with E-state index in [9.17, 15) is 14.4 Å². The van der Waals surface area contributed by atoms with Crippen LogP contribution in [0.4, 0.5) is 16.2 Å². The number of rotatable bonds is 11. The lowest BCUT2D eigenvalue weighted by atomic mass is 10.1. The Morgan fingerprint density at radius 1 is 1.02 bits per heavy atom. The van der Waals surface area contributed by atoms with Gasteiger partial charge in [0.1, 0.15) is 18.5 Å². The Labute approximate surface area is 237 Å². The molecular weight excluding hydrogens is 538 g/mol. The van der Waals surface area contributed by atoms with Crippen LogP contribution in [0.2, 0.25) is 5.02 Å². The van der Waals surface area contributed by atoms with Crippen LogP contribution in [0.5, 0.6) is 5.75 Å². The zero-order valence-corrected chi connectivity index (χ0v) is 22.9. The standard InChI is InChI=1S/C28H32ClN5O6/c1-33-24(10-13-30-33)23-18-21(32-28(38)31-20-4-2-19(29)3-5-20)6-7-25(23)39-17-16-34-14-11-22(12-15-34)40-27(37)9-8-26(35)36/h2-7,10,13,18,22H,8-9,11-12,14-17H2,1H3,(H,35,36)(H2,31,32,38). The van der Waals surface area contributed by atoms with E-state index in [1.165, 1.54) is 0 Å². The van der Waals surface area contributed by atoms with Gasteiger partial charge in [-0.1, -0.05) is 11.6 Å². The fourth-order valence-corrected chi connectivity index (χ4v) is 4.51. The average molecular weight is 570 g/mol. The van der Waals surface area contributed by atoms with Crippen LogP contribution in [0.3, 0.4) is 0 Å². The maximum absolute atomic E-state index is 12.5. The van der Waals surface area contributed by atoms with Gasteiger partial charge >= 0.3 is 18.0 Å². The maximum Gasteiger partial charge on any atom is 0.323 e. The number of esters is 1. The molecule has 0 radical (unpaired) electrons. The van der Waals surface area contributed by atoms with Crippen molar-refractivity contribution in [2.24, 2.45) is 7.05 Å². The first-order chi connectivity index (χ1) is 19.3. The second-order valence-electron chi connectivity index (χ2n) is 9.41. The van der Waals surface area contributed by atoms with Crippen molar-refractivity contribution in [3.8, 4) is 17.0 Å².